The molecule has 0 spiro atoms. The van der Waals surface area contributed by atoms with Crippen LogP contribution >= 0.6 is 0 Å². The smallest absolute Gasteiger partial charge is 0.336 e. The summed E-state index contributed by atoms with van der Waals surface area (Å²) in [5, 5.41) is 9.50. The third-order valence-electron chi connectivity index (χ3n) is 5.02. The van der Waals surface area contributed by atoms with Crippen LogP contribution in [0.2, 0.25) is 0 Å². The third-order valence-corrected chi connectivity index (χ3v) is 5.02. The average Bonchev–Trinajstić information content (AvgIpc) is 2.66. The molecule has 0 bridgehead atoms. The van der Waals surface area contributed by atoms with Crippen LogP contribution < -0.4 is 0 Å². The summed E-state index contributed by atoms with van der Waals surface area (Å²) in [6, 6.07) is 8.68. The van der Waals surface area contributed by atoms with Gasteiger partial charge in [-0.05, 0) is 31.9 Å². The number of hydrogen-bond donors (Lipinski definition) is 1. The van der Waals surface area contributed by atoms with Crippen molar-refractivity contribution in [2.45, 2.75) is 46.5 Å². The standard InChI is InChI=1S/C22H27N3O3/c1-14-12-18(16-9-5-6-10-17(16)20(26)27)24-19(23-14)15-8-7-11-25(13-15)21(28)22(2,3)4/h5-6,9-10,12,15H,7-8,11,13H2,1-4H3,(H,26,27). The van der Waals surface area contributed by atoms with E-state index in [0.717, 1.165) is 25.1 Å². The molecule has 1 N–H and O–H groups in total. The molecule has 0 radical (unpaired) electrons. The molecule has 2 heterocycles. The van der Waals surface area contributed by atoms with E-state index in [1.807, 2.05) is 44.7 Å². The highest BCUT2D eigenvalue weighted by molar-refractivity contribution is 5.95. The molecule has 3 rings (SSSR count). The first-order valence-corrected chi connectivity index (χ1v) is 9.64. The quantitative estimate of drug-likeness (QED) is 0.872. The van der Waals surface area contributed by atoms with E-state index in [1.54, 1.807) is 18.2 Å². The van der Waals surface area contributed by atoms with Gasteiger partial charge in [-0.15, -0.1) is 0 Å². The van der Waals surface area contributed by atoms with Crippen molar-refractivity contribution < 1.29 is 14.7 Å². The van der Waals surface area contributed by atoms with Gasteiger partial charge in [-0.3, -0.25) is 4.79 Å². The maximum absolute atomic E-state index is 12.7. The number of piperidine rings is 1. The molecule has 0 aliphatic carbocycles. The minimum absolute atomic E-state index is 0.0516. The summed E-state index contributed by atoms with van der Waals surface area (Å²) in [6.07, 6.45) is 1.82. The fourth-order valence-corrected chi connectivity index (χ4v) is 3.65. The molecule has 1 aromatic carbocycles. The van der Waals surface area contributed by atoms with E-state index in [4.69, 9.17) is 4.98 Å². The third kappa shape index (κ3) is 4.21. The number of carboxylic acid groups (broad SMARTS) is 1. The van der Waals surface area contributed by atoms with Crippen molar-refractivity contribution in [2.24, 2.45) is 5.41 Å². The Balaban J connectivity index is 1.94. The highest BCUT2D eigenvalue weighted by Crippen LogP contribution is 2.30. The van der Waals surface area contributed by atoms with E-state index in [9.17, 15) is 14.7 Å². The Labute approximate surface area is 165 Å². The highest BCUT2D eigenvalue weighted by atomic mass is 16.4. The largest absolute Gasteiger partial charge is 0.478 e. The Morgan fingerprint density at radius 3 is 2.57 bits per heavy atom. The lowest BCUT2D eigenvalue weighted by atomic mass is 9.90. The van der Waals surface area contributed by atoms with Gasteiger partial charge in [0, 0.05) is 35.7 Å². The van der Waals surface area contributed by atoms with Gasteiger partial charge in [-0.1, -0.05) is 39.0 Å². The first kappa shape index (κ1) is 20.0. The van der Waals surface area contributed by atoms with Crippen LogP contribution in [0.15, 0.2) is 30.3 Å². The van der Waals surface area contributed by atoms with E-state index >= 15 is 0 Å². The molecule has 6 heteroatoms. The lowest BCUT2D eigenvalue weighted by Gasteiger charge is -2.36. The van der Waals surface area contributed by atoms with Crippen LogP contribution in [0.25, 0.3) is 11.3 Å². The van der Waals surface area contributed by atoms with Crippen LogP contribution in [0.1, 0.15) is 61.4 Å². The second kappa shape index (κ2) is 7.70. The lowest BCUT2D eigenvalue weighted by molar-refractivity contribution is -0.140. The number of aromatic nitrogens is 2. The maximum Gasteiger partial charge on any atom is 0.336 e. The summed E-state index contributed by atoms with van der Waals surface area (Å²) < 4.78 is 0. The number of hydrogen-bond acceptors (Lipinski definition) is 4. The normalized spacial score (nSPS) is 17.4. The molecule has 6 nitrogen and oxygen atoms in total. The number of aryl methyl sites for hydroxylation is 1. The predicted molar refractivity (Wildman–Crippen MR) is 107 cm³/mol. The van der Waals surface area contributed by atoms with Crippen LogP contribution in [-0.2, 0) is 4.79 Å². The van der Waals surface area contributed by atoms with Crippen molar-refractivity contribution in [3.63, 3.8) is 0 Å². The number of benzene rings is 1. The molecule has 2 aromatic rings. The number of amides is 1. The first-order valence-electron chi connectivity index (χ1n) is 9.64. The second-order valence-corrected chi connectivity index (χ2v) is 8.44. The molecule has 0 saturated carbocycles. The molecule has 1 aliphatic heterocycles. The predicted octanol–water partition coefficient (Wildman–Crippen LogP) is 3.90. The number of carboxylic acids is 1. The fourth-order valence-electron chi connectivity index (χ4n) is 3.65. The molecule has 1 atom stereocenters. The molecule has 1 aromatic heterocycles. The number of likely N-dealkylation sites (tertiary alicyclic amines) is 1. The van der Waals surface area contributed by atoms with Crippen molar-refractivity contribution in [1.29, 1.82) is 0 Å². The van der Waals surface area contributed by atoms with Gasteiger partial charge in [0.1, 0.15) is 5.82 Å². The van der Waals surface area contributed by atoms with Crippen molar-refractivity contribution in [2.75, 3.05) is 13.1 Å². The molecule has 1 saturated heterocycles. The minimum Gasteiger partial charge on any atom is -0.478 e. The van der Waals surface area contributed by atoms with E-state index in [1.165, 1.54) is 0 Å². The molecule has 1 fully saturated rings. The Bertz CT molecular complexity index is 902. The number of nitrogens with zero attached hydrogens (tertiary/aromatic N) is 3. The summed E-state index contributed by atoms with van der Waals surface area (Å²) in [7, 11) is 0. The van der Waals surface area contributed by atoms with Crippen LogP contribution in [0.4, 0.5) is 0 Å². The zero-order chi connectivity index (χ0) is 20.5. The Kier molecular flexibility index (Phi) is 5.49. The SMILES string of the molecule is Cc1cc(-c2ccccc2C(=O)O)nc(C2CCCN(C(=O)C(C)(C)C)C2)n1. The summed E-state index contributed by atoms with van der Waals surface area (Å²) in [4.78, 5) is 35.5. The minimum atomic E-state index is -0.979. The molecule has 1 aliphatic rings. The first-order chi connectivity index (χ1) is 13.2. The van der Waals surface area contributed by atoms with Crippen molar-refractivity contribution in [3.05, 3.63) is 47.4 Å². The van der Waals surface area contributed by atoms with Gasteiger partial charge >= 0.3 is 5.97 Å². The molecular formula is C22H27N3O3. The summed E-state index contributed by atoms with van der Waals surface area (Å²) in [5.74, 6) is -0.105. The van der Waals surface area contributed by atoms with Gasteiger partial charge in [0.2, 0.25) is 5.91 Å². The van der Waals surface area contributed by atoms with Crippen molar-refractivity contribution in [1.82, 2.24) is 14.9 Å². The molecule has 1 amide bonds. The van der Waals surface area contributed by atoms with Gasteiger partial charge in [-0.25, -0.2) is 14.8 Å². The van der Waals surface area contributed by atoms with Gasteiger partial charge < -0.3 is 10.0 Å². The fraction of sp³-hybridized carbons (Fsp3) is 0.455. The van der Waals surface area contributed by atoms with E-state index in [0.29, 0.717) is 23.6 Å². The van der Waals surface area contributed by atoms with Crippen molar-refractivity contribution in [3.8, 4) is 11.3 Å². The molecular weight excluding hydrogens is 354 g/mol. The van der Waals surface area contributed by atoms with Gasteiger partial charge in [-0.2, -0.15) is 0 Å². The number of rotatable bonds is 3. The Morgan fingerprint density at radius 2 is 1.89 bits per heavy atom. The van der Waals surface area contributed by atoms with Crippen molar-refractivity contribution >= 4 is 11.9 Å². The Hall–Kier alpha value is -2.76. The topological polar surface area (TPSA) is 83.4 Å². The van der Waals surface area contributed by atoms with Gasteiger partial charge in [0.15, 0.2) is 0 Å². The molecule has 148 valence electrons. The summed E-state index contributed by atoms with van der Waals surface area (Å²) in [5.41, 5.74) is 1.79. The number of aromatic carboxylic acids is 1. The highest BCUT2D eigenvalue weighted by Gasteiger charge is 2.32. The maximum atomic E-state index is 12.7. The summed E-state index contributed by atoms with van der Waals surface area (Å²) in [6.45, 7) is 9.04. The Morgan fingerprint density at radius 1 is 1.18 bits per heavy atom. The monoisotopic (exact) mass is 381 g/mol. The zero-order valence-corrected chi connectivity index (χ0v) is 16.9. The van der Waals surface area contributed by atoms with Gasteiger partial charge in [0.25, 0.3) is 0 Å². The van der Waals surface area contributed by atoms with Crippen LogP contribution in [0, 0.1) is 12.3 Å². The number of carbonyl (C=O) groups is 2. The second-order valence-electron chi connectivity index (χ2n) is 8.44. The average molecular weight is 381 g/mol. The van der Waals surface area contributed by atoms with Gasteiger partial charge in [0.05, 0.1) is 11.3 Å². The van der Waals surface area contributed by atoms with Crippen LogP contribution in [0.3, 0.4) is 0 Å². The zero-order valence-electron chi connectivity index (χ0n) is 16.9. The van der Waals surface area contributed by atoms with E-state index in [2.05, 4.69) is 4.98 Å². The lowest BCUT2D eigenvalue weighted by Crippen LogP contribution is -2.44. The summed E-state index contributed by atoms with van der Waals surface area (Å²) >= 11 is 0. The van der Waals surface area contributed by atoms with Crippen LogP contribution in [-0.4, -0.2) is 44.9 Å². The van der Waals surface area contributed by atoms with E-state index in [-0.39, 0.29) is 17.4 Å². The number of carbonyl (C=O) groups excluding carboxylic acids is 1. The van der Waals surface area contributed by atoms with Crippen LogP contribution in [0.5, 0.6) is 0 Å². The molecule has 1 unspecified atom stereocenters. The van der Waals surface area contributed by atoms with E-state index < -0.39 is 11.4 Å². The molecule has 28 heavy (non-hydrogen) atoms.